The van der Waals surface area contributed by atoms with Gasteiger partial charge in [-0.25, -0.2) is 4.98 Å². The maximum absolute atomic E-state index is 12.3. The number of nitrogens with zero attached hydrogens (tertiary/aromatic N) is 2. The fourth-order valence-electron chi connectivity index (χ4n) is 2.55. The van der Waals surface area contributed by atoms with Crippen molar-refractivity contribution in [3.8, 4) is 11.3 Å². The van der Waals surface area contributed by atoms with Gasteiger partial charge in [-0.05, 0) is 24.3 Å². The number of carbonyl (C=O) groups is 1. The molecule has 0 saturated carbocycles. The molecule has 130 valence electrons. The van der Waals surface area contributed by atoms with Crippen LogP contribution in [0.25, 0.3) is 21.5 Å². The van der Waals surface area contributed by atoms with Crippen molar-refractivity contribution in [3.63, 3.8) is 0 Å². The smallest absolute Gasteiger partial charge is 0.300 e. The molecule has 2 aromatic heterocycles. The van der Waals surface area contributed by atoms with E-state index in [1.54, 1.807) is 12.1 Å². The average molecular weight is 402 g/mol. The van der Waals surface area contributed by atoms with Gasteiger partial charge in [0.1, 0.15) is 6.54 Å². The van der Waals surface area contributed by atoms with Crippen LogP contribution in [-0.4, -0.2) is 15.5 Å². The van der Waals surface area contributed by atoms with E-state index < -0.39 is 0 Å². The third-order valence-corrected chi connectivity index (χ3v) is 5.74. The minimum Gasteiger partial charge on any atom is -0.300 e. The number of thiazole rings is 2. The Hall–Kier alpha value is -2.48. The lowest BCUT2D eigenvalue weighted by Gasteiger charge is -2.03. The molecule has 26 heavy (non-hydrogen) atoms. The first-order valence-corrected chi connectivity index (χ1v) is 9.77. The molecule has 0 aliphatic rings. The van der Waals surface area contributed by atoms with Crippen LogP contribution in [0.1, 0.15) is 0 Å². The number of nitrogens with one attached hydrogen (secondary N) is 1. The molecule has 2 heterocycles. The summed E-state index contributed by atoms with van der Waals surface area (Å²) in [5, 5.41) is 5.78. The molecule has 0 fully saturated rings. The average Bonchev–Trinajstić information content (AvgIpc) is 3.21. The monoisotopic (exact) mass is 401 g/mol. The summed E-state index contributed by atoms with van der Waals surface area (Å²) in [7, 11) is 0. The number of carbonyl (C=O) groups excluding carboxylic acids is 1. The molecule has 5 nitrogen and oxygen atoms in total. The number of amides is 1. The van der Waals surface area contributed by atoms with E-state index in [0.29, 0.717) is 10.2 Å². The summed E-state index contributed by atoms with van der Waals surface area (Å²) >= 11 is 8.36. The predicted molar refractivity (Wildman–Crippen MR) is 107 cm³/mol. The van der Waals surface area contributed by atoms with E-state index >= 15 is 0 Å². The van der Waals surface area contributed by atoms with Gasteiger partial charge in [0.05, 0.1) is 15.9 Å². The first-order chi connectivity index (χ1) is 12.6. The molecule has 0 saturated heterocycles. The van der Waals surface area contributed by atoms with Crippen LogP contribution < -0.4 is 10.2 Å². The first kappa shape index (κ1) is 17.0. The van der Waals surface area contributed by atoms with Crippen molar-refractivity contribution in [3.05, 3.63) is 68.6 Å². The van der Waals surface area contributed by atoms with E-state index in [1.165, 1.54) is 15.9 Å². The largest absolute Gasteiger partial charge is 0.308 e. The van der Waals surface area contributed by atoms with Gasteiger partial charge in [-0.15, -0.1) is 11.3 Å². The molecule has 0 spiro atoms. The van der Waals surface area contributed by atoms with Crippen molar-refractivity contribution in [2.45, 2.75) is 6.54 Å². The van der Waals surface area contributed by atoms with E-state index in [4.69, 9.17) is 11.6 Å². The van der Waals surface area contributed by atoms with Gasteiger partial charge >= 0.3 is 4.87 Å². The Balaban J connectivity index is 1.51. The highest BCUT2D eigenvalue weighted by Crippen LogP contribution is 2.26. The van der Waals surface area contributed by atoms with Gasteiger partial charge in [0.2, 0.25) is 5.91 Å². The minimum atomic E-state index is -0.285. The number of para-hydroxylation sites is 1. The van der Waals surface area contributed by atoms with Crippen LogP contribution in [0.15, 0.2) is 58.7 Å². The van der Waals surface area contributed by atoms with Crippen LogP contribution in [0, 0.1) is 0 Å². The van der Waals surface area contributed by atoms with Gasteiger partial charge < -0.3 is 5.32 Å². The summed E-state index contributed by atoms with van der Waals surface area (Å²) in [4.78, 5) is 28.7. The molecule has 0 atom stereocenters. The fourth-order valence-corrected chi connectivity index (χ4v) is 4.30. The highest BCUT2D eigenvalue weighted by molar-refractivity contribution is 7.16. The highest BCUT2D eigenvalue weighted by atomic mass is 35.5. The lowest BCUT2D eigenvalue weighted by atomic mass is 10.2. The Bertz CT molecular complexity index is 1150. The molecular formula is C18H12ClN3O2S2. The number of anilines is 1. The number of halogens is 1. The molecule has 4 rings (SSSR count). The maximum Gasteiger partial charge on any atom is 0.308 e. The Morgan fingerprint density at radius 2 is 1.92 bits per heavy atom. The zero-order valence-corrected chi connectivity index (χ0v) is 15.7. The lowest BCUT2D eigenvalue weighted by Crippen LogP contribution is -2.24. The number of fused-ring (bicyclic) bond motifs is 1. The molecule has 2 aromatic carbocycles. The van der Waals surface area contributed by atoms with Crippen molar-refractivity contribution >= 4 is 55.5 Å². The third kappa shape index (κ3) is 3.41. The standard InChI is InChI=1S/C18H12ClN3O2S2/c19-12-7-5-11(6-8-12)13-10-25-17(20-13)21-16(23)9-22-14-3-1-2-4-15(14)26-18(22)24/h1-8,10H,9H2,(H,20,21,23). The molecule has 0 radical (unpaired) electrons. The van der Waals surface area contributed by atoms with Crippen LogP contribution in [0.4, 0.5) is 5.13 Å². The molecule has 0 aliphatic carbocycles. The van der Waals surface area contributed by atoms with Crippen molar-refractivity contribution in [1.82, 2.24) is 9.55 Å². The van der Waals surface area contributed by atoms with Gasteiger partial charge in [-0.3, -0.25) is 14.2 Å². The highest BCUT2D eigenvalue weighted by Gasteiger charge is 2.13. The van der Waals surface area contributed by atoms with Gasteiger partial charge in [0.25, 0.3) is 0 Å². The minimum absolute atomic E-state index is 0.0430. The van der Waals surface area contributed by atoms with Crippen molar-refractivity contribution < 1.29 is 4.79 Å². The molecule has 4 aromatic rings. The molecule has 1 N–H and O–H groups in total. The van der Waals surface area contributed by atoms with E-state index in [-0.39, 0.29) is 17.3 Å². The van der Waals surface area contributed by atoms with Crippen LogP contribution in [-0.2, 0) is 11.3 Å². The van der Waals surface area contributed by atoms with Crippen LogP contribution in [0.3, 0.4) is 0 Å². The van der Waals surface area contributed by atoms with Crippen molar-refractivity contribution in [2.75, 3.05) is 5.32 Å². The Kier molecular flexibility index (Phi) is 4.58. The number of aromatic nitrogens is 2. The first-order valence-electron chi connectivity index (χ1n) is 7.70. The topological polar surface area (TPSA) is 64.0 Å². The molecule has 8 heteroatoms. The summed E-state index contributed by atoms with van der Waals surface area (Å²) in [5.74, 6) is -0.285. The lowest BCUT2D eigenvalue weighted by molar-refractivity contribution is -0.116. The summed E-state index contributed by atoms with van der Waals surface area (Å²) in [6.45, 7) is -0.0430. The van der Waals surface area contributed by atoms with Crippen molar-refractivity contribution in [2.24, 2.45) is 0 Å². The normalized spacial score (nSPS) is 11.0. The number of hydrogen-bond donors (Lipinski definition) is 1. The SMILES string of the molecule is O=C(Cn1c(=O)sc2ccccc21)Nc1nc(-c2ccc(Cl)cc2)cs1. The summed E-state index contributed by atoms with van der Waals surface area (Å²) in [6.07, 6.45) is 0. The van der Waals surface area contributed by atoms with Crippen LogP contribution in [0.5, 0.6) is 0 Å². The van der Waals surface area contributed by atoms with Gasteiger partial charge in [-0.1, -0.05) is 47.2 Å². The summed E-state index contributed by atoms with van der Waals surface area (Å²) in [5.41, 5.74) is 2.45. The molecule has 0 unspecified atom stereocenters. The van der Waals surface area contributed by atoms with E-state index in [2.05, 4.69) is 10.3 Å². The van der Waals surface area contributed by atoms with Crippen LogP contribution >= 0.6 is 34.3 Å². The number of benzene rings is 2. The third-order valence-electron chi connectivity index (χ3n) is 3.77. The number of hydrogen-bond acceptors (Lipinski definition) is 5. The molecule has 1 amide bonds. The van der Waals surface area contributed by atoms with E-state index in [0.717, 1.165) is 32.8 Å². The second kappa shape index (κ2) is 7.03. The Morgan fingerprint density at radius 3 is 2.73 bits per heavy atom. The van der Waals surface area contributed by atoms with Gasteiger partial charge in [0.15, 0.2) is 5.13 Å². The zero-order chi connectivity index (χ0) is 18.1. The van der Waals surface area contributed by atoms with Crippen molar-refractivity contribution in [1.29, 1.82) is 0 Å². The molecule has 0 aliphatic heterocycles. The van der Waals surface area contributed by atoms with Gasteiger partial charge in [0, 0.05) is 16.0 Å². The van der Waals surface area contributed by atoms with E-state index in [9.17, 15) is 9.59 Å². The Labute approximate surface area is 161 Å². The van der Waals surface area contributed by atoms with Gasteiger partial charge in [-0.2, -0.15) is 0 Å². The second-order valence-corrected chi connectivity index (χ2v) is 7.80. The van der Waals surface area contributed by atoms with E-state index in [1.807, 2.05) is 41.8 Å². The zero-order valence-electron chi connectivity index (χ0n) is 13.3. The Morgan fingerprint density at radius 1 is 1.15 bits per heavy atom. The maximum atomic E-state index is 12.3. The quantitative estimate of drug-likeness (QED) is 0.548. The van der Waals surface area contributed by atoms with Crippen LogP contribution in [0.2, 0.25) is 5.02 Å². The predicted octanol–water partition coefficient (Wildman–Crippen LogP) is 4.48. The molecular weight excluding hydrogens is 390 g/mol. The fraction of sp³-hybridized carbons (Fsp3) is 0.0556. The molecule has 0 bridgehead atoms. The summed E-state index contributed by atoms with van der Waals surface area (Å²) < 4.78 is 2.34. The summed E-state index contributed by atoms with van der Waals surface area (Å²) in [6, 6.07) is 14.8. The second-order valence-electron chi connectivity index (χ2n) is 5.51. The number of rotatable bonds is 4.